The molecular weight excluding hydrogens is 258 g/mol. The summed E-state index contributed by atoms with van der Waals surface area (Å²) in [5, 5.41) is 0. The quantitative estimate of drug-likeness (QED) is 0.779. The Morgan fingerprint density at radius 2 is 1.79 bits per heavy atom. The van der Waals surface area contributed by atoms with Crippen LogP contribution in [0.5, 0.6) is 5.75 Å². The Bertz CT molecular complexity index is 448. The van der Waals surface area contributed by atoms with Gasteiger partial charge in [0.25, 0.3) is 0 Å². The third-order valence-electron chi connectivity index (χ3n) is 5.34. The van der Waals surface area contributed by atoms with Crippen molar-refractivity contribution in [1.29, 1.82) is 0 Å². The van der Waals surface area contributed by atoms with E-state index in [1.54, 1.807) is 0 Å². The Kier molecular flexibility index (Phi) is 2.95. The van der Waals surface area contributed by atoms with Gasteiger partial charge in [0.15, 0.2) is 0 Å². The van der Waals surface area contributed by atoms with Crippen LogP contribution in [0.25, 0.3) is 0 Å². The van der Waals surface area contributed by atoms with Gasteiger partial charge in [-0.25, -0.2) is 0 Å². The molecule has 0 aliphatic heterocycles. The molecule has 5 rings (SSSR count). The van der Waals surface area contributed by atoms with Crippen molar-refractivity contribution >= 4 is 11.6 Å². The molecule has 0 saturated heterocycles. The fraction of sp³-hybridized carbons (Fsp3) is 0.688. The van der Waals surface area contributed by atoms with Crippen molar-refractivity contribution in [2.45, 2.75) is 44.1 Å². The molecule has 19 heavy (non-hydrogen) atoms. The number of rotatable bonds is 3. The van der Waals surface area contributed by atoms with Gasteiger partial charge >= 0.3 is 0 Å². The average Bonchev–Trinajstić information content (AvgIpc) is 2.42. The van der Waals surface area contributed by atoms with Gasteiger partial charge in [0.2, 0.25) is 0 Å². The van der Waals surface area contributed by atoms with Crippen molar-refractivity contribution in [1.82, 2.24) is 4.98 Å². The highest BCUT2D eigenvalue weighted by atomic mass is 35.5. The molecule has 1 aromatic rings. The molecule has 1 heterocycles. The SMILES string of the molecule is ClCc1cc(OC2C3CC4CC(C3)CC2C4)ccn1. The van der Waals surface area contributed by atoms with Crippen molar-refractivity contribution in [3.63, 3.8) is 0 Å². The van der Waals surface area contributed by atoms with Crippen molar-refractivity contribution in [3.8, 4) is 5.75 Å². The average molecular weight is 278 g/mol. The monoisotopic (exact) mass is 277 g/mol. The van der Waals surface area contributed by atoms with Crippen LogP contribution >= 0.6 is 11.6 Å². The first-order valence-corrected chi connectivity index (χ1v) is 8.03. The van der Waals surface area contributed by atoms with Crippen LogP contribution in [0.3, 0.4) is 0 Å². The number of aromatic nitrogens is 1. The predicted molar refractivity (Wildman–Crippen MR) is 75.3 cm³/mol. The van der Waals surface area contributed by atoms with Gasteiger partial charge in [-0.3, -0.25) is 4.98 Å². The van der Waals surface area contributed by atoms with Crippen molar-refractivity contribution < 1.29 is 4.74 Å². The molecule has 0 N–H and O–H groups in total. The zero-order valence-electron chi connectivity index (χ0n) is 11.1. The lowest BCUT2D eigenvalue weighted by Crippen LogP contribution is -2.50. The van der Waals surface area contributed by atoms with E-state index in [1.807, 2.05) is 18.3 Å². The second-order valence-corrected chi connectivity index (χ2v) is 6.90. The summed E-state index contributed by atoms with van der Waals surface area (Å²) in [5.74, 6) is 5.01. The minimum absolute atomic E-state index is 0.443. The van der Waals surface area contributed by atoms with Crippen LogP contribution in [0.4, 0.5) is 0 Å². The highest BCUT2D eigenvalue weighted by molar-refractivity contribution is 6.16. The van der Waals surface area contributed by atoms with Gasteiger partial charge in [-0.05, 0) is 61.8 Å². The topological polar surface area (TPSA) is 22.1 Å². The molecule has 0 amide bonds. The van der Waals surface area contributed by atoms with Crippen molar-refractivity contribution in [2.24, 2.45) is 23.7 Å². The maximum Gasteiger partial charge on any atom is 0.123 e. The Morgan fingerprint density at radius 1 is 1.11 bits per heavy atom. The lowest BCUT2D eigenvalue weighted by molar-refractivity contribution is -0.0790. The van der Waals surface area contributed by atoms with E-state index >= 15 is 0 Å². The van der Waals surface area contributed by atoms with E-state index < -0.39 is 0 Å². The maximum atomic E-state index is 6.34. The largest absolute Gasteiger partial charge is 0.490 e. The number of pyridine rings is 1. The summed E-state index contributed by atoms with van der Waals surface area (Å²) in [6.07, 6.45) is 9.32. The van der Waals surface area contributed by atoms with E-state index in [0.717, 1.165) is 35.1 Å². The summed E-state index contributed by atoms with van der Waals surface area (Å²) in [6.45, 7) is 0. The lowest BCUT2D eigenvalue weighted by Gasteiger charge is -2.53. The van der Waals surface area contributed by atoms with Crippen LogP contribution in [0.1, 0.15) is 37.8 Å². The van der Waals surface area contributed by atoms with Crippen LogP contribution in [-0.2, 0) is 5.88 Å². The molecule has 4 fully saturated rings. The fourth-order valence-corrected chi connectivity index (χ4v) is 4.97. The normalized spacial score (nSPS) is 39.5. The predicted octanol–water partition coefficient (Wildman–Crippen LogP) is 4.02. The zero-order chi connectivity index (χ0) is 12.8. The summed E-state index contributed by atoms with van der Waals surface area (Å²) in [6, 6.07) is 3.97. The van der Waals surface area contributed by atoms with Gasteiger partial charge in [-0.2, -0.15) is 0 Å². The molecule has 0 radical (unpaired) electrons. The first-order valence-electron chi connectivity index (χ1n) is 7.49. The van der Waals surface area contributed by atoms with E-state index in [-0.39, 0.29) is 0 Å². The van der Waals surface area contributed by atoms with E-state index in [4.69, 9.17) is 16.3 Å². The highest BCUT2D eigenvalue weighted by Crippen LogP contribution is 2.54. The molecule has 0 spiro atoms. The van der Waals surface area contributed by atoms with Crippen molar-refractivity contribution in [3.05, 3.63) is 24.0 Å². The smallest absolute Gasteiger partial charge is 0.123 e. The minimum atomic E-state index is 0.443. The van der Waals surface area contributed by atoms with Gasteiger partial charge in [0, 0.05) is 12.3 Å². The van der Waals surface area contributed by atoms with Gasteiger partial charge in [0.1, 0.15) is 11.9 Å². The maximum absolute atomic E-state index is 6.34. The highest BCUT2D eigenvalue weighted by Gasteiger charge is 2.49. The Balaban J connectivity index is 1.53. The van der Waals surface area contributed by atoms with Gasteiger partial charge in [0.05, 0.1) is 11.6 Å². The fourth-order valence-electron chi connectivity index (χ4n) is 4.83. The summed E-state index contributed by atoms with van der Waals surface area (Å²) < 4.78 is 6.34. The third-order valence-corrected chi connectivity index (χ3v) is 5.61. The van der Waals surface area contributed by atoms with Crippen molar-refractivity contribution in [2.75, 3.05) is 0 Å². The van der Waals surface area contributed by atoms with Gasteiger partial charge in [-0.15, -0.1) is 11.6 Å². The molecule has 0 unspecified atom stereocenters. The number of ether oxygens (including phenoxy) is 1. The molecule has 4 aliphatic rings. The van der Waals surface area contributed by atoms with Crippen LogP contribution in [0, 0.1) is 23.7 Å². The molecule has 4 aliphatic carbocycles. The zero-order valence-corrected chi connectivity index (χ0v) is 11.9. The first kappa shape index (κ1) is 12.0. The Hall–Kier alpha value is -0.760. The van der Waals surface area contributed by atoms with E-state index in [1.165, 1.54) is 32.1 Å². The molecule has 102 valence electrons. The third kappa shape index (κ3) is 2.14. The number of hydrogen-bond donors (Lipinski definition) is 0. The second-order valence-electron chi connectivity index (χ2n) is 6.63. The van der Waals surface area contributed by atoms with Gasteiger partial charge in [-0.1, -0.05) is 0 Å². The van der Waals surface area contributed by atoms with Crippen LogP contribution in [0.15, 0.2) is 18.3 Å². The van der Waals surface area contributed by atoms with E-state index in [0.29, 0.717) is 12.0 Å². The molecule has 4 saturated carbocycles. The number of nitrogens with zero attached hydrogens (tertiary/aromatic N) is 1. The molecule has 1 aromatic heterocycles. The number of alkyl halides is 1. The first-order chi connectivity index (χ1) is 9.31. The summed E-state index contributed by atoms with van der Waals surface area (Å²) in [5.41, 5.74) is 0.906. The van der Waals surface area contributed by atoms with Crippen LogP contribution in [0.2, 0.25) is 0 Å². The summed E-state index contributed by atoms with van der Waals surface area (Å²) in [7, 11) is 0. The second kappa shape index (κ2) is 4.66. The number of hydrogen-bond acceptors (Lipinski definition) is 2. The Morgan fingerprint density at radius 3 is 2.42 bits per heavy atom. The Labute approximate surface area is 119 Å². The van der Waals surface area contributed by atoms with Gasteiger partial charge < -0.3 is 4.74 Å². The molecule has 2 nitrogen and oxygen atoms in total. The van der Waals surface area contributed by atoms with Crippen LogP contribution in [-0.4, -0.2) is 11.1 Å². The summed E-state index contributed by atoms with van der Waals surface area (Å²) in [4.78, 5) is 4.23. The lowest BCUT2D eigenvalue weighted by atomic mass is 9.55. The molecular formula is C16H20ClNO. The van der Waals surface area contributed by atoms with E-state index in [9.17, 15) is 0 Å². The van der Waals surface area contributed by atoms with E-state index in [2.05, 4.69) is 4.98 Å². The molecule has 0 aromatic carbocycles. The summed E-state index contributed by atoms with van der Waals surface area (Å²) >= 11 is 5.84. The molecule has 3 heteroatoms. The molecule has 0 atom stereocenters. The standard InChI is InChI=1S/C16H20ClNO/c17-9-14-8-15(1-2-18-14)19-16-12-4-10-3-11(6-12)7-13(16)5-10/h1-2,8,10-13,16H,3-7,9H2. The van der Waals surface area contributed by atoms with Crippen LogP contribution < -0.4 is 4.74 Å². The minimum Gasteiger partial charge on any atom is -0.490 e. The molecule has 4 bridgehead atoms. The number of halogens is 1.